The van der Waals surface area contributed by atoms with E-state index >= 15 is 0 Å². The zero-order valence-corrected chi connectivity index (χ0v) is 5.30. The smallest absolute Gasteiger partial charge is 0.213 e. The second-order valence-electron chi connectivity index (χ2n) is 2.56. The number of ether oxygens (including phenoxy) is 2. The topological polar surface area (TPSA) is 18.5 Å². The quantitative estimate of drug-likeness (QED) is 0.488. The molecule has 0 bridgehead atoms. The van der Waals surface area contributed by atoms with Crippen LogP contribution in [-0.4, -0.2) is 12.4 Å². The second kappa shape index (κ2) is 1.74. The molecule has 2 aliphatic heterocycles. The summed E-state index contributed by atoms with van der Waals surface area (Å²) in [7, 11) is 0. The van der Waals surface area contributed by atoms with Crippen LogP contribution >= 0.6 is 0 Å². The van der Waals surface area contributed by atoms with Crippen LogP contribution in [0.3, 0.4) is 0 Å². The molecule has 0 radical (unpaired) electrons. The molecule has 1 unspecified atom stereocenters. The maximum absolute atomic E-state index is 5.42. The van der Waals surface area contributed by atoms with Gasteiger partial charge in [-0.2, -0.15) is 0 Å². The van der Waals surface area contributed by atoms with E-state index in [9.17, 15) is 0 Å². The minimum absolute atomic E-state index is 0.222. The van der Waals surface area contributed by atoms with E-state index in [0.29, 0.717) is 0 Å². The molecular weight excluding hydrogens is 116 g/mol. The maximum atomic E-state index is 5.42. The highest BCUT2D eigenvalue weighted by Gasteiger charge is 2.37. The van der Waals surface area contributed by atoms with Gasteiger partial charge in [-0.1, -0.05) is 0 Å². The Balaban J connectivity index is 2.07. The van der Waals surface area contributed by atoms with Crippen LogP contribution in [0, 0.1) is 0 Å². The summed E-state index contributed by atoms with van der Waals surface area (Å²) in [4.78, 5) is 0. The average molecular weight is 126 g/mol. The Morgan fingerprint density at radius 2 is 2.44 bits per heavy atom. The van der Waals surface area contributed by atoms with Gasteiger partial charge in [0.05, 0.1) is 12.9 Å². The van der Waals surface area contributed by atoms with Crippen LogP contribution in [0.4, 0.5) is 0 Å². The van der Waals surface area contributed by atoms with Gasteiger partial charge in [0.25, 0.3) is 0 Å². The van der Waals surface area contributed by atoms with E-state index in [0.717, 1.165) is 25.9 Å². The van der Waals surface area contributed by atoms with Crippen molar-refractivity contribution in [3.05, 3.63) is 12.3 Å². The van der Waals surface area contributed by atoms with Gasteiger partial charge >= 0.3 is 0 Å². The minimum atomic E-state index is -0.222. The van der Waals surface area contributed by atoms with E-state index in [2.05, 4.69) is 0 Å². The first-order valence-corrected chi connectivity index (χ1v) is 3.38. The van der Waals surface area contributed by atoms with E-state index in [1.165, 1.54) is 0 Å². The molecule has 2 nitrogen and oxygen atoms in total. The fourth-order valence-electron chi connectivity index (χ4n) is 1.37. The van der Waals surface area contributed by atoms with E-state index in [4.69, 9.17) is 9.47 Å². The first-order valence-electron chi connectivity index (χ1n) is 3.38. The van der Waals surface area contributed by atoms with Crippen LogP contribution in [-0.2, 0) is 9.47 Å². The molecule has 1 spiro atoms. The van der Waals surface area contributed by atoms with Gasteiger partial charge in [0, 0.05) is 12.8 Å². The van der Waals surface area contributed by atoms with Gasteiger partial charge in [0.2, 0.25) is 5.79 Å². The molecule has 2 aliphatic rings. The Kier molecular flexibility index (Phi) is 1.02. The first-order chi connectivity index (χ1) is 4.41. The lowest BCUT2D eigenvalue weighted by Crippen LogP contribution is -2.25. The van der Waals surface area contributed by atoms with Gasteiger partial charge in [-0.3, -0.25) is 0 Å². The molecule has 1 atom stereocenters. The predicted molar refractivity (Wildman–Crippen MR) is 32.8 cm³/mol. The molecule has 0 N–H and O–H groups in total. The molecular formula is C7H10O2. The molecule has 1 saturated heterocycles. The fourth-order valence-corrected chi connectivity index (χ4v) is 1.37. The third kappa shape index (κ3) is 0.741. The van der Waals surface area contributed by atoms with Crippen LogP contribution < -0.4 is 0 Å². The molecule has 0 amide bonds. The van der Waals surface area contributed by atoms with Crippen LogP contribution in [0.2, 0.25) is 0 Å². The summed E-state index contributed by atoms with van der Waals surface area (Å²) in [6.07, 6.45) is 6.89. The number of hydrogen-bond donors (Lipinski definition) is 0. The van der Waals surface area contributed by atoms with E-state index < -0.39 is 0 Å². The van der Waals surface area contributed by atoms with Gasteiger partial charge in [0.1, 0.15) is 0 Å². The molecule has 2 heterocycles. The van der Waals surface area contributed by atoms with Crippen molar-refractivity contribution < 1.29 is 9.47 Å². The lowest BCUT2D eigenvalue weighted by molar-refractivity contribution is -0.161. The summed E-state index contributed by atoms with van der Waals surface area (Å²) in [5, 5.41) is 0. The van der Waals surface area contributed by atoms with Crippen LogP contribution in [0.5, 0.6) is 0 Å². The van der Waals surface area contributed by atoms with Crippen molar-refractivity contribution in [2.24, 2.45) is 0 Å². The summed E-state index contributed by atoms with van der Waals surface area (Å²) >= 11 is 0. The minimum Gasteiger partial charge on any atom is -0.470 e. The molecule has 50 valence electrons. The lowest BCUT2D eigenvalue weighted by Gasteiger charge is -2.20. The highest BCUT2D eigenvalue weighted by molar-refractivity contribution is 4.94. The standard InChI is InChI=1S/C7H10O2/c1-3-7(8-5-1)4-2-6-9-7/h1,5H,2-4,6H2. The summed E-state index contributed by atoms with van der Waals surface area (Å²) in [5.74, 6) is -0.222. The molecule has 0 aliphatic carbocycles. The summed E-state index contributed by atoms with van der Waals surface area (Å²) in [6, 6.07) is 0. The van der Waals surface area contributed by atoms with E-state index in [-0.39, 0.29) is 5.79 Å². The van der Waals surface area contributed by atoms with Crippen LogP contribution in [0.15, 0.2) is 12.3 Å². The van der Waals surface area contributed by atoms with Crippen LogP contribution in [0.1, 0.15) is 19.3 Å². The van der Waals surface area contributed by atoms with Crippen molar-refractivity contribution in [1.82, 2.24) is 0 Å². The summed E-state index contributed by atoms with van der Waals surface area (Å²) in [6.45, 7) is 0.863. The van der Waals surface area contributed by atoms with Gasteiger partial charge in [-0.05, 0) is 12.5 Å². The Morgan fingerprint density at radius 3 is 3.00 bits per heavy atom. The average Bonchev–Trinajstić information content (AvgIpc) is 2.45. The Bertz CT molecular complexity index is 124. The van der Waals surface area contributed by atoms with E-state index in [1.807, 2.05) is 6.08 Å². The first kappa shape index (κ1) is 5.30. The molecule has 2 heteroatoms. The zero-order valence-electron chi connectivity index (χ0n) is 5.30. The summed E-state index contributed by atoms with van der Waals surface area (Å²) < 4.78 is 10.7. The molecule has 0 saturated carbocycles. The van der Waals surface area contributed by atoms with Crippen molar-refractivity contribution in [1.29, 1.82) is 0 Å². The van der Waals surface area contributed by atoms with Gasteiger partial charge in [-0.25, -0.2) is 0 Å². The second-order valence-corrected chi connectivity index (χ2v) is 2.56. The molecule has 0 aromatic carbocycles. The molecule has 1 fully saturated rings. The van der Waals surface area contributed by atoms with Gasteiger partial charge < -0.3 is 9.47 Å². The van der Waals surface area contributed by atoms with Gasteiger partial charge in [0.15, 0.2) is 0 Å². The SMILES string of the molecule is C1=COC2(C1)CCCO2. The molecule has 9 heavy (non-hydrogen) atoms. The van der Waals surface area contributed by atoms with Crippen molar-refractivity contribution in [3.63, 3.8) is 0 Å². The van der Waals surface area contributed by atoms with Crippen molar-refractivity contribution in [2.45, 2.75) is 25.0 Å². The Hall–Kier alpha value is -0.500. The highest BCUT2D eigenvalue weighted by atomic mass is 16.7. The monoisotopic (exact) mass is 126 g/mol. The van der Waals surface area contributed by atoms with Crippen molar-refractivity contribution >= 4 is 0 Å². The fraction of sp³-hybridized carbons (Fsp3) is 0.714. The van der Waals surface area contributed by atoms with Crippen molar-refractivity contribution in [2.75, 3.05) is 6.61 Å². The normalized spacial score (nSPS) is 40.0. The van der Waals surface area contributed by atoms with Gasteiger partial charge in [-0.15, -0.1) is 0 Å². The highest BCUT2D eigenvalue weighted by Crippen LogP contribution is 2.34. The summed E-state index contributed by atoms with van der Waals surface area (Å²) in [5.41, 5.74) is 0. The lowest BCUT2D eigenvalue weighted by atomic mass is 10.1. The molecule has 0 aromatic rings. The zero-order chi connectivity index (χ0) is 6.16. The van der Waals surface area contributed by atoms with E-state index in [1.54, 1.807) is 6.26 Å². The largest absolute Gasteiger partial charge is 0.470 e. The molecule has 2 rings (SSSR count). The molecule has 0 aromatic heterocycles. The third-order valence-corrected chi connectivity index (χ3v) is 1.88. The predicted octanol–water partition coefficient (Wildman–Crippen LogP) is 1.43. The van der Waals surface area contributed by atoms with Crippen LogP contribution in [0.25, 0.3) is 0 Å². The third-order valence-electron chi connectivity index (χ3n) is 1.88. The Labute approximate surface area is 54.5 Å². The Morgan fingerprint density at radius 1 is 1.44 bits per heavy atom. The van der Waals surface area contributed by atoms with Crippen molar-refractivity contribution in [3.8, 4) is 0 Å². The maximum Gasteiger partial charge on any atom is 0.213 e. The number of hydrogen-bond acceptors (Lipinski definition) is 2. The number of rotatable bonds is 0.